The van der Waals surface area contributed by atoms with Crippen LogP contribution in [0.1, 0.15) is 37.7 Å². The third kappa shape index (κ3) is 3.21. The maximum Gasteiger partial charge on any atom is 0.223 e. The molecular formula is C17H26N6O. The highest BCUT2D eigenvalue weighted by atomic mass is 16.2. The minimum atomic E-state index is 0.0494. The minimum absolute atomic E-state index is 0.0494. The topological polar surface area (TPSA) is 68.0 Å². The van der Waals surface area contributed by atoms with E-state index in [1.165, 1.54) is 5.56 Å². The van der Waals surface area contributed by atoms with Crippen molar-refractivity contribution in [3.8, 4) is 0 Å². The van der Waals surface area contributed by atoms with E-state index < -0.39 is 0 Å². The van der Waals surface area contributed by atoms with Crippen LogP contribution in [0.5, 0.6) is 0 Å². The molecular weight excluding hydrogens is 304 g/mol. The molecule has 0 aliphatic carbocycles. The van der Waals surface area contributed by atoms with Crippen molar-refractivity contribution in [1.29, 1.82) is 0 Å². The standard InChI is InChI=1S/C17H26N6O/c1-4-22-12-13(10-20-22)9-18-11-14-8-15(24)23(5-2)16(14)17-19-6-7-21(17)3/h6-7,10,12,14,16,18H,4-5,8-9,11H2,1-3H3/t14-,16+/m0/s1. The van der Waals surface area contributed by atoms with Crippen LogP contribution >= 0.6 is 0 Å². The second kappa shape index (κ2) is 7.17. The largest absolute Gasteiger partial charge is 0.336 e. The predicted octanol–water partition coefficient (Wildman–Crippen LogP) is 1.34. The molecule has 2 aromatic rings. The van der Waals surface area contributed by atoms with Crippen LogP contribution in [-0.4, -0.2) is 43.2 Å². The van der Waals surface area contributed by atoms with Gasteiger partial charge in [0.25, 0.3) is 0 Å². The van der Waals surface area contributed by atoms with Crippen LogP contribution in [-0.2, 0) is 24.9 Å². The van der Waals surface area contributed by atoms with Gasteiger partial charge in [-0.25, -0.2) is 4.98 Å². The normalized spacial score (nSPS) is 21.0. The molecule has 0 saturated carbocycles. The fourth-order valence-corrected chi connectivity index (χ4v) is 3.50. The van der Waals surface area contributed by atoms with Crippen LogP contribution in [0, 0.1) is 5.92 Å². The van der Waals surface area contributed by atoms with Gasteiger partial charge in [0, 0.05) is 69.7 Å². The van der Waals surface area contributed by atoms with Gasteiger partial charge in [0.15, 0.2) is 0 Å². The first kappa shape index (κ1) is 16.7. The van der Waals surface area contributed by atoms with Crippen LogP contribution in [0.15, 0.2) is 24.8 Å². The molecule has 1 aliphatic rings. The van der Waals surface area contributed by atoms with Crippen molar-refractivity contribution in [3.05, 3.63) is 36.2 Å². The lowest BCUT2D eigenvalue weighted by Crippen LogP contribution is -2.33. The molecule has 0 radical (unpaired) electrons. The predicted molar refractivity (Wildman–Crippen MR) is 91.1 cm³/mol. The summed E-state index contributed by atoms with van der Waals surface area (Å²) < 4.78 is 3.94. The minimum Gasteiger partial charge on any atom is -0.336 e. The Morgan fingerprint density at radius 2 is 2.17 bits per heavy atom. The number of rotatable bonds is 7. The van der Waals surface area contributed by atoms with Crippen LogP contribution in [0.2, 0.25) is 0 Å². The number of hydrogen-bond donors (Lipinski definition) is 1. The fraction of sp³-hybridized carbons (Fsp3) is 0.588. The van der Waals surface area contributed by atoms with E-state index in [0.717, 1.165) is 32.0 Å². The van der Waals surface area contributed by atoms with E-state index in [-0.39, 0.29) is 17.9 Å². The summed E-state index contributed by atoms with van der Waals surface area (Å²) in [7, 11) is 1.99. The molecule has 0 unspecified atom stereocenters. The Morgan fingerprint density at radius 3 is 2.79 bits per heavy atom. The second-order valence-corrected chi connectivity index (χ2v) is 6.32. The van der Waals surface area contributed by atoms with E-state index in [2.05, 4.69) is 28.5 Å². The molecule has 2 atom stereocenters. The van der Waals surface area contributed by atoms with Crippen LogP contribution in [0.25, 0.3) is 0 Å². The number of hydrogen-bond acceptors (Lipinski definition) is 4. The molecule has 0 spiro atoms. The maximum atomic E-state index is 12.4. The first-order valence-corrected chi connectivity index (χ1v) is 8.62. The number of nitrogens with one attached hydrogen (secondary N) is 1. The molecule has 1 fully saturated rings. The van der Waals surface area contributed by atoms with Gasteiger partial charge >= 0.3 is 0 Å². The van der Waals surface area contributed by atoms with E-state index in [9.17, 15) is 4.79 Å². The molecule has 3 heterocycles. The summed E-state index contributed by atoms with van der Waals surface area (Å²) in [5.41, 5.74) is 1.17. The lowest BCUT2D eigenvalue weighted by Gasteiger charge is -2.27. The quantitative estimate of drug-likeness (QED) is 0.832. The Kier molecular flexibility index (Phi) is 4.99. The highest BCUT2D eigenvalue weighted by molar-refractivity contribution is 5.79. The molecule has 0 aromatic carbocycles. The monoisotopic (exact) mass is 330 g/mol. The van der Waals surface area contributed by atoms with Gasteiger partial charge in [0.2, 0.25) is 5.91 Å². The lowest BCUT2D eigenvalue weighted by molar-refractivity contribution is -0.128. The van der Waals surface area contributed by atoms with E-state index >= 15 is 0 Å². The van der Waals surface area contributed by atoms with Gasteiger partial charge in [-0.05, 0) is 13.8 Å². The zero-order valence-electron chi connectivity index (χ0n) is 14.6. The SMILES string of the molecule is CCN1C(=O)C[C@@H](CNCc2cnn(CC)c2)[C@@H]1c1nccn1C. The van der Waals surface area contributed by atoms with Gasteiger partial charge in [-0.3, -0.25) is 9.48 Å². The Labute approximate surface area is 142 Å². The summed E-state index contributed by atoms with van der Waals surface area (Å²) in [5.74, 6) is 1.42. The van der Waals surface area contributed by atoms with Crippen LogP contribution < -0.4 is 5.32 Å². The third-order valence-corrected chi connectivity index (χ3v) is 4.75. The summed E-state index contributed by atoms with van der Waals surface area (Å²) in [6, 6.07) is 0.0494. The van der Waals surface area contributed by atoms with E-state index in [1.54, 1.807) is 6.20 Å². The number of aromatic nitrogens is 4. The molecule has 7 nitrogen and oxygen atoms in total. The molecule has 1 amide bonds. The van der Waals surface area contributed by atoms with E-state index in [1.807, 2.05) is 40.5 Å². The summed E-state index contributed by atoms with van der Waals surface area (Å²) in [6.07, 6.45) is 8.27. The number of aryl methyl sites for hydroxylation is 2. The highest BCUT2D eigenvalue weighted by Crippen LogP contribution is 2.36. The van der Waals surface area contributed by atoms with Crippen molar-refractivity contribution in [3.63, 3.8) is 0 Å². The average Bonchev–Trinajstić information content (AvgIpc) is 3.26. The Bertz CT molecular complexity index is 691. The Morgan fingerprint density at radius 1 is 1.33 bits per heavy atom. The number of carbonyl (C=O) groups excluding carboxylic acids is 1. The molecule has 1 aliphatic heterocycles. The van der Waals surface area contributed by atoms with Crippen LogP contribution in [0.3, 0.4) is 0 Å². The lowest BCUT2D eigenvalue weighted by atomic mass is 9.99. The van der Waals surface area contributed by atoms with Gasteiger partial charge in [-0.1, -0.05) is 0 Å². The van der Waals surface area contributed by atoms with Crippen molar-refractivity contribution >= 4 is 5.91 Å². The molecule has 7 heteroatoms. The molecule has 3 rings (SSSR count). The van der Waals surface area contributed by atoms with Crippen molar-refractivity contribution < 1.29 is 4.79 Å². The van der Waals surface area contributed by atoms with Crippen molar-refractivity contribution in [1.82, 2.24) is 29.5 Å². The number of likely N-dealkylation sites (tertiary alicyclic amines) is 1. The molecule has 1 saturated heterocycles. The Balaban J connectivity index is 1.66. The molecule has 24 heavy (non-hydrogen) atoms. The first-order valence-electron chi connectivity index (χ1n) is 8.62. The molecule has 2 aromatic heterocycles. The van der Waals surface area contributed by atoms with Gasteiger partial charge in [0.05, 0.1) is 12.2 Å². The summed E-state index contributed by atoms with van der Waals surface area (Å²) in [5, 5.41) is 7.78. The van der Waals surface area contributed by atoms with Gasteiger partial charge in [-0.2, -0.15) is 5.10 Å². The maximum absolute atomic E-state index is 12.4. The molecule has 0 bridgehead atoms. The summed E-state index contributed by atoms with van der Waals surface area (Å²) in [4.78, 5) is 18.8. The number of carbonyl (C=O) groups is 1. The summed E-state index contributed by atoms with van der Waals surface area (Å²) in [6.45, 7) is 7.26. The average molecular weight is 330 g/mol. The Hall–Kier alpha value is -2.15. The van der Waals surface area contributed by atoms with E-state index in [4.69, 9.17) is 0 Å². The van der Waals surface area contributed by atoms with Crippen molar-refractivity contribution in [2.75, 3.05) is 13.1 Å². The number of imidazole rings is 1. The zero-order chi connectivity index (χ0) is 17.1. The van der Waals surface area contributed by atoms with Crippen LogP contribution in [0.4, 0.5) is 0 Å². The number of nitrogens with zero attached hydrogens (tertiary/aromatic N) is 5. The third-order valence-electron chi connectivity index (χ3n) is 4.75. The van der Waals surface area contributed by atoms with Crippen molar-refractivity contribution in [2.24, 2.45) is 13.0 Å². The molecule has 1 N–H and O–H groups in total. The van der Waals surface area contributed by atoms with Gasteiger partial charge in [0.1, 0.15) is 5.82 Å². The number of amides is 1. The summed E-state index contributed by atoms with van der Waals surface area (Å²) >= 11 is 0. The highest BCUT2D eigenvalue weighted by Gasteiger charge is 2.41. The van der Waals surface area contributed by atoms with Gasteiger partial charge < -0.3 is 14.8 Å². The molecule has 130 valence electrons. The second-order valence-electron chi connectivity index (χ2n) is 6.32. The smallest absolute Gasteiger partial charge is 0.223 e. The first-order chi connectivity index (χ1) is 11.6. The van der Waals surface area contributed by atoms with Gasteiger partial charge in [-0.15, -0.1) is 0 Å². The van der Waals surface area contributed by atoms with E-state index in [0.29, 0.717) is 6.42 Å². The zero-order valence-corrected chi connectivity index (χ0v) is 14.6. The van der Waals surface area contributed by atoms with Crippen molar-refractivity contribution in [2.45, 2.75) is 39.4 Å². The fourth-order valence-electron chi connectivity index (χ4n) is 3.50.